The number of aromatic nitrogens is 2. The molecular formula is C11H18BrClN4O. The zero-order chi connectivity index (χ0) is 12.5. The van der Waals surface area contributed by atoms with Crippen molar-refractivity contribution in [1.29, 1.82) is 0 Å². The SMILES string of the molecule is CC1(CN)CCN(C(=O)Cn2cc(Br)cn2)C1.Cl. The van der Waals surface area contributed by atoms with Crippen molar-refractivity contribution >= 4 is 34.2 Å². The molecule has 1 amide bonds. The molecule has 1 aromatic heterocycles. The molecule has 1 fully saturated rings. The van der Waals surface area contributed by atoms with E-state index >= 15 is 0 Å². The largest absolute Gasteiger partial charge is 0.340 e. The highest BCUT2D eigenvalue weighted by molar-refractivity contribution is 9.10. The number of rotatable bonds is 3. The fourth-order valence-electron chi connectivity index (χ4n) is 2.07. The van der Waals surface area contributed by atoms with Gasteiger partial charge in [-0.15, -0.1) is 12.4 Å². The molecule has 0 radical (unpaired) electrons. The summed E-state index contributed by atoms with van der Waals surface area (Å²) in [6, 6.07) is 0. The Morgan fingerprint density at radius 2 is 2.39 bits per heavy atom. The summed E-state index contributed by atoms with van der Waals surface area (Å²) in [4.78, 5) is 13.9. The first-order valence-electron chi connectivity index (χ1n) is 5.68. The number of nitrogens with zero attached hydrogens (tertiary/aromatic N) is 3. The maximum absolute atomic E-state index is 12.0. The van der Waals surface area contributed by atoms with Gasteiger partial charge in [0, 0.05) is 19.3 Å². The maximum atomic E-state index is 12.0. The molecule has 1 saturated heterocycles. The Hall–Kier alpha value is -0.590. The lowest BCUT2D eigenvalue weighted by Crippen LogP contribution is -2.36. The minimum Gasteiger partial charge on any atom is -0.340 e. The van der Waals surface area contributed by atoms with Crippen LogP contribution in [-0.2, 0) is 11.3 Å². The Balaban J connectivity index is 0.00000162. The third-order valence-electron chi connectivity index (χ3n) is 3.30. The Morgan fingerprint density at radius 3 is 2.89 bits per heavy atom. The molecule has 102 valence electrons. The van der Waals surface area contributed by atoms with Crippen LogP contribution in [0.2, 0.25) is 0 Å². The van der Waals surface area contributed by atoms with Gasteiger partial charge in [0.2, 0.25) is 5.91 Å². The van der Waals surface area contributed by atoms with Crippen molar-refractivity contribution in [2.24, 2.45) is 11.1 Å². The highest BCUT2D eigenvalue weighted by Gasteiger charge is 2.34. The molecular weight excluding hydrogens is 320 g/mol. The second-order valence-electron chi connectivity index (χ2n) is 4.94. The van der Waals surface area contributed by atoms with E-state index in [1.54, 1.807) is 17.1 Å². The molecule has 0 aliphatic carbocycles. The second kappa shape index (κ2) is 6.04. The molecule has 0 saturated carbocycles. The van der Waals surface area contributed by atoms with Crippen molar-refractivity contribution in [2.45, 2.75) is 19.9 Å². The molecule has 1 aromatic rings. The van der Waals surface area contributed by atoms with Crippen LogP contribution in [0.25, 0.3) is 0 Å². The number of likely N-dealkylation sites (tertiary alicyclic amines) is 1. The summed E-state index contributed by atoms with van der Waals surface area (Å²) in [5.41, 5.74) is 5.81. The number of hydrogen-bond donors (Lipinski definition) is 1. The molecule has 2 N–H and O–H groups in total. The van der Waals surface area contributed by atoms with Crippen LogP contribution in [0.5, 0.6) is 0 Å². The maximum Gasteiger partial charge on any atom is 0.244 e. The van der Waals surface area contributed by atoms with Gasteiger partial charge in [-0.05, 0) is 34.3 Å². The molecule has 0 aromatic carbocycles. The summed E-state index contributed by atoms with van der Waals surface area (Å²) in [6.07, 6.45) is 4.47. The van der Waals surface area contributed by atoms with E-state index in [2.05, 4.69) is 28.0 Å². The van der Waals surface area contributed by atoms with Gasteiger partial charge in [-0.3, -0.25) is 9.48 Å². The van der Waals surface area contributed by atoms with Crippen LogP contribution in [0.1, 0.15) is 13.3 Å². The summed E-state index contributed by atoms with van der Waals surface area (Å²) < 4.78 is 2.53. The summed E-state index contributed by atoms with van der Waals surface area (Å²) in [7, 11) is 0. The van der Waals surface area contributed by atoms with Crippen molar-refractivity contribution in [1.82, 2.24) is 14.7 Å². The number of carbonyl (C=O) groups is 1. The molecule has 1 aliphatic rings. The molecule has 5 nitrogen and oxygen atoms in total. The Morgan fingerprint density at radius 1 is 1.67 bits per heavy atom. The van der Waals surface area contributed by atoms with Crippen molar-refractivity contribution in [2.75, 3.05) is 19.6 Å². The predicted molar refractivity (Wildman–Crippen MR) is 75.5 cm³/mol. The number of amides is 1. The van der Waals surface area contributed by atoms with E-state index in [9.17, 15) is 4.79 Å². The number of hydrogen-bond acceptors (Lipinski definition) is 3. The van der Waals surface area contributed by atoms with Gasteiger partial charge in [-0.2, -0.15) is 5.10 Å². The van der Waals surface area contributed by atoms with Gasteiger partial charge in [0.1, 0.15) is 6.54 Å². The second-order valence-corrected chi connectivity index (χ2v) is 5.85. The van der Waals surface area contributed by atoms with Gasteiger partial charge >= 0.3 is 0 Å². The monoisotopic (exact) mass is 336 g/mol. The van der Waals surface area contributed by atoms with Crippen LogP contribution < -0.4 is 5.73 Å². The first-order chi connectivity index (χ1) is 8.02. The first-order valence-corrected chi connectivity index (χ1v) is 6.47. The Labute approximate surface area is 121 Å². The number of halogens is 2. The van der Waals surface area contributed by atoms with E-state index in [1.807, 2.05) is 4.90 Å². The zero-order valence-electron chi connectivity index (χ0n) is 10.3. The standard InChI is InChI=1S/C11H17BrN4O.ClH/c1-11(7-13)2-3-15(8-11)10(17)6-16-5-9(12)4-14-16;/h4-5H,2-3,6-8,13H2,1H3;1H. The van der Waals surface area contributed by atoms with Crippen molar-refractivity contribution in [3.05, 3.63) is 16.9 Å². The highest BCUT2D eigenvalue weighted by Crippen LogP contribution is 2.28. The molecule has 1 aliphatic heterocycles. The third-order valence-corrected chi connectivity index (χ3v) is 3.71. The quantitative estimate of drug-likeness (QED) is 0.903. The van der Waals surface area contributed by atoms with Crippen molar-refractivity contribution in [3.8, 4) is 0 Å². The third kappa shape index (κ3) is 3.46. The Kier molecular flexibility index (Phi) is 5.19. The van der Waals surface area contributed by atoms with E-state index in [-0.39, 0.29) is 23.7 Å². The fourth-order valence-corrected chi connectivity index (χ4v) is 2.39. The van der Waals surface area contributed by atoms with Crippen LogP contribution in [0.15, 0.2) is 16.9 Å². The molecule has 2 rings (SSSR count). The lowest BCUT2D eigenvalue weighted by molar-refractivity contribution is -0.131. The number of nitrogens with two attached hydrogens (primary N) is 1. The Bertz CT molecular complexity index is 425. The normalized spacial score (nSPS) is 22.9. The van der Waals surface area contributed by atoms with Crippen molar-refractivity contribution in [3.63, 3.8) is 0 Å². The van der Waals surface area contributed by atoms with E-state index in [1.165, 1.54) is 0 Å². The zero-order valence-corrected chi connectivity index (χ0v) is 12.7. The summed E-state index contributed by atoms with van der Waals surface area (Å²) >= 11 is 3.31. The predicted octanol–water partition coefficient (Wildman–Crippen LogP) is 1.26. The van der Waals surface area contributed by atoms with E-state index < -0.39 is 0 Å². The van der Waals surface area contributed by atoms with Gasteiger partial charge in [0.25, 0.3) is 0 Å². The van der Waals surface area contributed by atoms with Crippen LogP contribution in [0.4, 0.5) is 0 Å². The van der Waals surface area contributed by atoms with Gasteiger partial charge in [0.05, 0.1) is 10.7 Å². The van der Waals surface area contributed by atoms with Crippen LogP contribution in [0, 0.1) is 5.41 Å². The molecule has 18 heavy (non-hydrogen) atoms. The average molecular weight is 338 g/mol. The molecule has 2 heterocycles. The van der Waals surface area contributed by atoms with Gasteiger partial charge in [0.15, 0.2) is 0 Å². The van der Waals surface area contributed by atoms with Gasteiger partial charge in [-0.1, -0.05) is 6.92 Å². The lowest BCUT2D eigenvalue weighted by atomic mass is 9.90. The van der Waals surface area contributed by atoms with Crippen LogP contribution >= 0.6 is 28.3 Å². The van der Waals surface area contributed by atoms with E-state index in [0.717, 1.165) is 24.0 Å². The summed E-state index contributed by atoms with van der Waals surface area (Å²) in [5.74, 6) is 0.109. The topological polar surface area (TPSA) is 64.2 Å². The van der Waals surface area contributed by atoms with E-state index in [0.29, 0.717) is 13.1 Å². The highest BCUT2D eigenvalue weighted by atomic mass is 79.9. The molecule has 0 spiro atoms. The van der Waals surface area contributed by atoms with E-state index in [4.69, 9.17) is 5.73 Å². The average Bonchev–Trinajstić information content (AvgIpc) is 2.86. The molecule has 0 bridgehead atoms. The smallest absolute Gasteiger partial charge is 0.244 e. The lowest BCUT2D eigenvalue weighted by Gasteiger charge is -2.22. The summed E-state index contributed by atoms with van der Waals surface area (Å²) in [5, 5.41) is 4.08. The van der Waals surface area contributed by atoms with Crippen molar-refractivity contribution < 1.29 is 4.79 Å². The van der Waals surface area contributed by atoms with Gasteiger partial charge < -0.3 is 10.6 Å². The molecule has 1 atom stereocenters. The van der Waals surface area contributed by atoms with Gasteiger partial charge in [-0.25, -0.2) is 0 Å². The fraction of sp³-hybridized carbons (Fsp3) is 0.636. The number of carbonyl (C=O) groups excluding carboxylic acids is 1. The first kappa shape index (κ1) is 15.5. The minimum absolute atomic E-state index is 0. The molecule has 7 heteroatoms. The summed E-state index contributed by atoms with van der Waals surface area (Å²) in [6.45, 7) is 4.61. The van der Waals surface area contributed by atoms with Crippen LogP contribution in [0.3, 0.4) is 0 Å². The van der Waals surface area contributed by atoms with Crippen LogP contribution in [-0.4, -0.2) is 40.2 Å². The minimum atomic E-state index is 0. The molecule has 1 unspecified atom stereocenters.